The Morgan fingerprint density at radius 3 is 2.32 bits per heavy atom. The fourth-order valence-electron chi connectivity index (χ4n) is 2.41. The third-order valence-electron chi connectivity index (χ3n) is 3.64. The van der Waals surface area contributed by atoms with Gasteiger partial charge in [0.05, 0.1) is 19.7 Å². The molecule has 5 nitrogen and oxygen atoms in total. The van der Waals surface area contributed by atoms with Crippen molar-refractivity contribution in [3.8, 4) is 23.0 Å². The van der Waals surface area contributed by atoms with Crippen molar-refractivity contribution in [3.63, 3.8) is 0 Å². The number of hydrogen-bond donors (Lipinski definition) is 1. The van der Waals surface area contributed by atoms with Gasteiger partial charge in [-0.3, -0.25) is 0 Å². The van der Waals surface area contributed by atoms with Crippen LogP contribution in [0.5, 0.6) is 23.0 Å². The molecule has 1 heterocycles. The Morgan fingerprint density at radius 2 is 1.68 bits per heavy atom. The standard InChI is InChI=1S/C18H17FN2O3S/c1-22-16-7-11-13(8-17(16)23-2)21-18(25-3)9-15(11)24-14-5-4-10(20)6-12(14)19/h4-9H,20H2,1-3H3. The molecule has 3 aromatic rings. The summed E-state index contributed by atoms with van der Waals surface area (Å²) < 4.78 is 30.6. The number of halogens is 1. The fraction of sp³-hybridized carbons (Fsp3) is 0.167. The number of nitrogens with two attached hydrogens (primary N) is 1. The molecule has 0 bridgehead atoms. The van der Waals surface area contributed by atoms with Crippen LogP contribution in [0, 0.1) is 5.82 Å². The van der Waals surface area contributed by atoms with Crippen molar-refractivity contribution in [3.05, 3.63) is 42.2 Å². The first-order chi connectivity index (χ1) is 12.0. The summed E-state index contributed by atoms with van der Waals surface area (Å²) in [5.74, 6) is 1.13. The first-order valence-electron chi connectivity index (χ1n) is 7.39. The van der Waals surface area contributed by atoms with Crippen molar-refractivity contribution in [2.24, 2.45) is 0 Å². The van der Waals surface area contributed by atoms with Gasteiger partial charge in [0.15, 0.2) is 23.1 Å². The van der Waals surface area contributed by atoms with Crippen LogP contribution in [0.15, 0.2) is 41.4 Å². The van der Waals surface area contributed by atoms with Gasteiger partial charge in [0.2, 0.25) is 0 Å². The van der Waals surface area contributed by atoms with Crippen LogP contribution in [-0.2, 0) is 0 Å². The first-order valence-corrected chi connectivity index (χ1v) is 8.62. The lowest BCUT2D eigenvalue weighted by Gasteiger charge is -2.14. The summed E-state index contributed by atoms with van der Waals surface area (Å²) in [7, 11) is 3.11. The number of nitrogen functional groups attached to an aromatic ring is 1. The SMILES string of the molecule is COc1cc2nc(SC)cc(Oc3ccc(N)cc3F)c2cc1OC. The van der Waals surface area contributed by atoms with Gasteiger partial charge in [-0.15, -0.1) is 11.8 Å². The monoisotopic (exact) mass is 360 g/mol. The van der Waals surface area contributed by atoms with Gasteiger partial charge in [-0.25, -0.2) is 9.37 Å². The lowest BCUT2D eigenvalue weighted by molar-refractivity contribution is 0.355. The molecule has 0 atom stereocenters. The number of pyridine rings is 1. The van der Waals surface area contributed by atoms with Crippen LogP contribution in [0.4, 0.5) is 10.1 Å². The van der Waals surface area contributed by atoms with Gasteiger partial charge in [-0.05, 0) is 24.5 Å². The molecule has 0 fully saturated rings. The van der Waals surface area contributed by atoms with E-state index in [2.05, 4.69) is 4.98 Å². The summed E-state index contributed by atoms with van der Waals surface area (Å²) >= 11 is 1.46. The van der Waals surface area contributed by atoms with E-state index in [-0.39, 0.29) is 5.75 Å². The Labute approximate surface area is 148 Å². The molecule has 7 heteroatoms. The Balaban J connectivity index is 2.17. The lowest BCUT2D eigenvalue weighted by Crippen LogP contribution is -1.96. The van der Waals surface area contributed by atoms with E-state index in [0.29, 0.717) is 33.8 Å². The molecule has 0 aliphatic rings. The minimum atomic E-state index is -0.531. The highest BCUT2D eigenvalue weighted by Gasteiger charge is 2.15. The van der Waals surface area contributed by atoms with Crippen LogP contribution in [0.25, 0.3) is 10.9 Å². The summed E-state index contributed by atoms with van der Waals surface area (Å²) in [6, 6.07) is 9.58. The van der Waals surface area contributed by atoms with E-state index in [9.17, 15) is 4.39 Å². The smallest absolute Gasteiger partial charge is 0.167 e. The highest BCUT2D eigenvalue weighted by Crippen LogP contribution is 2.39. The van der Waals surface area contributed by atoms with Gasteiger partial charge in [0.25, 0.3) is 0 Å². The fourth-order valence-corrected chi connectivity index (χ4v) is 2.82. The minimum absolute atomic E-state index is 0.0866. The van der Waals surface area contributed by atoms with E-state index in [1.807, 2.05) is 6.26 Å². The van der Waals surface area contributed by atoms with Gasteiger partial charge >= 0.3 is 0 Å². The molecule has 0 aliphatic heterocycles. The highest BCUT2D eigenvalue weighted by molar-refractivity contribution is 7.98. The number of rotatable bonds is 5. The van der Waals surface area contributed by atoms with Crippen molar-refractivity contribution in [1.29, 1.82) is 0 Å². The van der Waals surface area contributed by atoms with E-state index in [4.69, 9.17) is 19.9 Å². The molecule has 2 N–H and O–H groups in total. The topological polar surface area (TPSA) is 66.6 Å². The number of nitrogens with zero attached hydrogens (tertiary/aromatic N) is 1. The Kier molecular flexibility index (Phi) is 4.85. The molecule has 0 radical (unpaired) electrons. The largest absolute Gasteiger partial charge is 0.493 e. The van der Waals surface area contributed by atoms with Gasteiger partial charge in [0, 0.05) is 29.3 Å². The number of thioether (sulfide) groups is 1. The number of anilines is 1. The molecule has 130 valence electrons. The van der Waals surface area contributed by atoms with Crippen LogP contribution in [0.2, 0.25) is 0 Å². The van der Waals surface area contributed by atoms with E-state index < -0.39 is 5.82 Å². The van der Waals surface area contributed by atoms with Crippen LogP contribution >= 0.6 is 11.8 Å². The molecule has 0 spiro atoms. The molecular formula is C18H17FN2O3S. The summed E-state index contributed by atoms with van der Waals surface area (Å²) in [6.07, 6.45) is 1.91. The van der Waals surface area contributed by atoms with Crippen LogP contribution < -0.4 is 19.9 Å². The number of methoxy groups -OCH3 is 2. The minimum Gasteiger partial charge on any atom is -0.493 e. The molecule has 0 saturated carbocycles. The third-order valence-corrected chi connectivity index (χ3v) is 4.26. The molecule has 2 aromatic carbocycles. The Hall–Kier alpha value is -2.67. The predicted molar refractivity (Wildman–Crippen MR) is 97.5 cm³/mol. The molecule has 1 aromatic heterocycles. The molecular weight excluding hydrogens is 343 g/mol. The maximum atomic E-state index is 14.1. The molecule has 3 rings (SSSR count). The molecule has 0 unspecified atom stereocenters. The van der Waals surface area contributed by atoms with Crippen molar-refractivity contribution in [2.75, 3.05) is 26.2 Å². The van der Waals surface area contributed by atoms with Gasteiger partial charge in [0.1, 0.15) is 10.8 Å². The number of benzene rings is 2. The maximum Gasteiger partial charge on any atom is 0.167 e. The second-order valence-corrected chi connectivity index (χ2v) is 6.01. The summed E-state index contributed by atoms with van der Waals surface area (Å²) in [6.45, 7) is 0. The number of hydrogen-bond acceptors (Lipinski definition) is 6. The van der Waals surface area contributed by atoms with E-state index in [1.54, 1.807) is 38.5 Å². The van der Waals surface area contributed by atoms with Crippen molar-refractivity contribution in [1.82, 2.24) is 4.98 Å². The zero-order valence-electron chi connectivity index (χ0n) is 14.0. The zero-order chi connectivity index (χ0) is 18.0. The third kappa shape index (κ3) is 3.41. The van der Waals surface area contributed by atoms with Crippen LogP contribution in [0.3, 0.4) is 0 Å². The second-order valence-electron chi connectivity index (χ2n) is 5.18. The van der Waals surface area contributed by atoms with Gasteiger partial charge < -0.3 is 19.9 Å². The highest BCUT2D eigenvalue weighted by atomic mass is 32.2. The molecule has 0 aliphatic carbocycles. The van der Waals surface area contributed by atoms with Crippen LogP contribution in [-0.4, -0.2) is 25.5 Å². The van der Waals surface area contributed by atoms with Crippen LogP contribution in [0.1, 0.15) is 0 Å². The van der Waals surface area contributed by atoms with Crippen molar-refractivity contribution in [2.45, 2.75) is 5.03 Å². The average molecular weight is 360 g/mol. The Bertz CT molecular complexity index is 934. The number of ether oxygens (including phenoxy) is 3. The summed E-state index contributed by atoms with van der Waals surface area (Å²) in [4.78, 5) is 4.55. The average Bonchev–Trinajstić information content (AvgIpc) is 2.62. The zero-order valence-corrected chi connectivity index (χ0v) is 14.8. The van der Waals surface area contributed by atoms with Gasteiger partial charge in [-0.1, -0.05) is 0 Å². The lowest BCUT2D eigenvalue weighted by atomic mass is 10.1. The van der Waals surface area contributed by atoms with Crippen molar-refractivity contribution >= 4 is 28.4 Å². The molecule has 0 amide bonds. The molecule has 0 saturated heterocycles. The summed E-state index contributed by atoms with van der Waals surface area (Å²) in [5, 5.41) is 1.43. The number of fused-ring (bicyclic) bond motifs is 1. The second kappa shape index (κ2) is 7.06. The van der Waals surface area contributed by atoms with E-state index in [0.717, 1.165) is 5.03 Å². The summed E-state index contributed by atoms with van der Waals surface area (Å²) in [5.41, 5.74) is 6.58. The first kappa shape index (κ1) is 17.2. The number of aromatic nitrogens is 1. The predicted octanol–water partition coefficient (Wildman–Crippen LogP) is 4.49. The normalized spacial score (nSPS) is 10.7. The van der Waals surface area contributed by atoms with Gasteiger partial charge in [-0.2, -0.15) is 0 Å². The van der Waals surface area contributed by atoms with E-state index >= 15 is 0 Å². The quantitative estimate of drug-likeness (QED) is 0.534. The Morgan fingerprint density at radius 1 is 0.960 bits per heavy atom. The van der Waals surface area contributed by atoms with E-state index in [1.165, 1.54) is 23.9 Å². The van der Waals surface area contributed by atoms with Crippen molar-refractivity contribution < 1.29 is 18.6 Å². The molecule has 25 heavy (non-hydrogen) atoms. The maximum absolute atomic E-state index is 14.1.